The van der Waals surface area contributed by atoms with E-state index in [0.29, 0.717) is 6.54 Å². The van der Waals surface area contributed by atoms with Gasteiger partial charge in [-0.1, -0.05) is 36.4 Å². The molecule has 0 aromatic heterocycles. The van der Waals surface area contributed by atoms with Crippen LogP contribution >= 0.6 is 0 Å². The minimum atomic E-state index is -1.31. The molecule has 4 atom stereocenters. The fourth-order valence-electron chi connectivity index (χ4n) is 4.06. The highest BCUT2D eigenvalue weighted by Crippen LogP contribution is 2.53. The molecule has 3 aliphatic rings. The number of carbonyl (C=O) groups is 1. The Morgan fingerprint density at radius 2 is 2.10 bits per heavy atom. The van der Waals surface area contributed by atoms with E-state index in [1.54, 1.807) is 11.8 Å². The molecule has 4 nitrogen and oxygen atoms in total. The van der Waals surface area contributed by atoms with Gasteiger partial charge in [-0.2, -0.15) is 0 Å². The van der Waals surface area contributed by atoms with Gasteiger partial charge in [0.25, 0.3) is 0 Å². The summed E-state index contributed by atoms with van der Waals surface area (Å²) in [4.78, 5) is 14.4. The Balaban J connectivity index is 1.72. The SMILES string of the molecule is CC1=CC2CC3C(=O)N(C(C)(O)c4ccccc4)CC13O2. The molecule has 0 aliphatic carbocycles. The van der Waals surface area contributed by atoms with E-state index in [-0.39, 0.29) is 17.9 Å². The summed E-state index contributed by atoms with van der Waals surface area (Å²) < 4.78 is 6.06. The molecule has 2 saturated heterocycles. The van der Waals surface area contributed by atoms with Crippen molar-refractivity contribution >= 4 is 5.91 Å². The molecule has 1 amide bonds. The van der Waals surface area contributed by atoms with Crippen LogP contribution in [-0.4, -0.2) is 34.2 Å². The van der Waals surface area contributed by atoms with Gasteiger partial charge in [-0.25, -0.2) is 0 Å². The molecule has 2 fully saturated rings. The number of likely N-dealkylation sites (tertiary alicyclic amines) is 1. The molecule has 3 aliphatic heterocycles. The highest BCUT2D eigenvalue weighted by Gasteiger charge is 2.64. The van der Waals surface area contributed by atoms with Crippen molar-refractivity contribution in [2.75, 3.05) is 6.54 Å². The third-order valence-electron chi connectivity index (χ3n) is 5.30. The zero-order chi connectivity index (χ0) is 14.8. The standard InChI is InChI=1S/C17H19NO3/c1-11-8-13-9-14-15(19)18(10-17(11,14)21-13)16(2,20)12-6-4-3-5-7-12/h3-8,13-14,20H,9-10H2,1-2H3. The van der Waals surface area contributed by atoms with Crippen molar-refractivity contribution in [3.63, 3.8) is 0 Å². The van der Waals surface area contributed by atoms with E-state index in [4.69, 9.17) is 4.74 Å². The molecule has 0 radical (unpaired) electrons. The van der Waals surface area contributed by atoms with E-state index in [1.165, 1.54) is 0 Å². The molecule has 110 valence electrons. The lowest BCUT2D eigenvalue weighted by Gasteiger charge is -2.36. The molecular weight excluding hydrogens is 266 g/mol. The van der Waals surface area contributed by atoms with Crippen LogP contribution in [0.15, 0.2) is 42.0 Å². The monoisotopic (exact) mass is 285 g/mol. The van der Waals surface area contributed by atoms with Gasteiger partial charge in [0.15, 0.2) is 5.72 Å². The smallest absolute Gasteiger partial charge is 0.231 e. The normalized spacial score (nSPS) is 36.6. The van der Waals surface area contributed by atoms with Crippen molar-refractivity contribution in [3.05, 3.63) is 47.5 Å². The summed E-state index contributed by atoms with van der Waals surface area (Å²) in [5.74, 6) is -0.151. The van der Waals surface area contributed by atoms with E-state index in [9.17, 15) is 9.90 Å². The Labute approximate surface area is 124 Å². The van der Waals surface area contributed by atoms with Gasteiger partial charge in [-0.3, -0.25) is 4.79 Å². The Kier molecular flexibility index (Phi) is 2.46. The third-order valence-corrected chi connectivity index (χ3v) is 5.30. The lowest BCUT2D eigenvalue weighted by atomic mass is 9.80. The Morgan fingerprint density at radius 3 is 2.71 bits per heavy atom. The van der Waals surface area contributed by atoms with Gasteiger partial charge in [-0.05, 0) is 25.8 Å². The summed E-state index contributed by atoms with van der Waals surface area (Å²) in [6.07, 6.45) is 2.92. The van der Waals surface area contributed by atoms with E-state index >= 15 is 0 Å². The summed E-state index contributed by atoms with van der Waals surface area (Å²) in [5, 5.41) is 11.0. The van der Waals surface area contributed by atoms with Gasteiger partial charge in [-0.15, -0.1) is 0 Å². The highest BCUT2D eigenvalue weighted by atomic mass is 16.5. The van der Waals surface area contributed by atoms with Crippen molar-refractivity contribution in [2.24, 2.45) is 5.92 Å². The van der Waals surface area contributed by atoms with Gasteiger partial charge in [0.1, 0.15) is 5.60 Å². The molecule has 4 rings (SSSR count). The van der Waals surface area contributed by atoms with Gasteiger partial charge in [0.05, 0.1) is 18.6 Å². The fraction of sp³-hybridized carbons (Fsp3) is 0.471. The molecule has 1 aromatic rings. The highest BCUT2D eigenvalue weighted by molar-refractivity contribution is 5.86. The van der Waals surface area contributed by atoms with Crippen LogP contribution in [0.3, 0.4) is 0 Å². The number of hydrogen-bond acceptors (Lipinski definition) is 3. The van der Waals surface area contributed by atoms with Crippen molar-refractivity contribution in [1.29, 1.82) is 0 Å². The number of carbonyl (C=O) groups excluding carboxylic acids is 1. The maximum atomic E-state index is 12.8. The summed E-state index contributed by atoms with van der Waals surface area (Å²) in [6, 6.07) is 9.34. The predicted octanol–water partition coefficient (Wildman–Crippen LogP) is 1.80. The van der Waals surface area contributed by atoms with E-state index in [0.717, 1.165) is 17.6 Å². The van der Waals surface area contributed by atoms with Gasteiger partial charge < -0.3 is 14.7 Å². The zero-order valence-electron chi connectivity index (χ0n) is 12.2. The number of amides is 1. The Hall–Kier alpha value is -1.65. The van der Waals surface area contributed by atoms with Crippen LogP contribution in [-0.2, 0) is 15.3 Å². The predicted molar refractivity (Wildman–Crippen MR) is 77.2 cm³/mol. The molecule has 1 spiro atoms. The van der Waals surface area contributed by atoms with Crippen molar-refractivity contribution < 1.29 is 14.6 Å². The quantitative estimate of drug-likeness (QED) is 0.843. The van der Waals surface area contributed by atoms with E-state index < -0.39 is 11.3 Å². The second kappa shape index (κ2) is 3.96. The fourth-order valence-corrected chi connectivity index (χ4v) is 4.06. The molecule has 2 bridgehead atoms. The van der Waals surface area contributed by atoms with Gasteiger partial charge in [0, 0.05) is 5.56 Å². The number of hydrogen-bond donors (Lipinski definition) is 1. The molecule has 4 unspecified atom stereocenters. The minimum Gasteiger partial charge on any atom is -0.367 e. The minimum absolute atomic E-state index is 0.00111. The van der Waals surface area contributed by atoms with Crippen molar-refractivity contribution in [1.82, 2.24) is 4.90 Å². The number of fused-ring (bicyclic) bond motifs is 1. The molecule has 1 aromatic carbocycles. The van der Waals surface area contributed by atoms with Crippen LogP contribution in [0.1, 0.15) is 25.8 Å². The number of aliphatic hydroxyl groups is 1. The first-order valence-electron chi connectivity index (χ1n) is 7.41. The second-order valence-corrected chi connectivity index (χ2v) is 6.49. The summed E-state index contributed by atoms with van der Waals surface area (Å²) >= 11 is 0. The molecule has 0 saturated carbocycles. The van der Waals surface area contributed by atoms with E-state index in [1.807, 2.05) is 37.3 Å². The van der Waals surface area contributed by atoms with Crippen LogP contribution in [0.5, 0.6) is 0 Å². The molecular formula is C17H19NO3. The third kappa shape index (κ3) is 1.54. The lowest BCUT2D eigenvalue weighted by molar-refractivity contribution is -0.156. The van der Waals surface area contributed by atoms with Crippen LogP contribution in [0.2, 0.25) is 0 Å². The number of ether oxygens (including phenoxy) is 1. The van der Waals surface area contributed by atoms with Crippen LogP contribution in [0.4, 0.5) is 0 Å². The maximum Gasteiger partial charge on any atom is 0.231 e. The molecule has 3 heterocycles. The summed E-state index contributed by atoms with van der Waals surface area (Å²) in [7, 11) is 0. The van der Waals surface area contributed by atoms with Crippen molar-refractivity contribution in [3.8, 4) is 0 Å². The van der Waals surface area contributed by atoms with Crippen molar-refractivity contribution in [2.45, 2.75) is 37.7 Å². The second-order valence-electron chi connectivity index (χ2n) is 6.49. The zero-order valence-corrected chi connectivity index (χ0v) is 12.2. The lowest BCUT2D eigenvalue weighted by Crippen LogP contribution is -2.47. The average Bonchev–Trinajstić information content (AvgIpc) is 3.07. The first kappa shape index (κ1) is 13.0. The molecule has 4 heteroatoms. The van der Waals surface area contributed by atoms with Gasteiger partial charge in [0.2, 0.25) is 5.91 Å². The molecule has 21 heavy (non-hydrogen) atoms. The average molecular weight is 285 g/mol. The number of benzene rings is 1. The van der Waals surface area contributed by atoms with E-state index in [2.05, 4.69) is 6.08 Å². The number of rotatable bonds is 2. The summed E-state index contributed by atoms with van der Waals surface area (Å²) in [5.41, 5.74) is 0.0361. The largest absolute Gasteiger partial charge is 0.367 e. The van der Waals surface area contributed by atoms with Gasteiger partial charge >= 0.3 is 0 Å². The first-order valence-corrected chi connectivity index (χ1v) is 7.41. The number of nitrogens with zero attached hydrogens (tertiary/aromatic N) is 1. The Morgan fingerprint density at radius 1 is 1.38 bits per heavy atom. The van der Waals surface area contributed by atoms with Crippen LogP contribution < -0.4 is 0 Å². The molecule has 1 N–H and O–H groups in total. The Bertz CT molecular complexity index is 637. The summed E-state index contributed by atoms with van der Waals surface area (Å²) in [6.45, 7) is 4.14. The van der Waals surface area contributed by atoms with Crippen LogP contribution in [0.25, 0.3) is 0 Å². The van der Waals surface area contributed by atoms with Crippen LogP contribution in [0, 0.1) is 5.92 Å². The maximum absolute atomic E-state index is 12.8. The topological polar surface area (TPSA) is 49.8 Å². The first-order chi connectivity index (χ1) is 9.95.